The quantitative estimate of drug-likeness (QED) is 0.471. The molecule has 4 heteroatoms. The third-order valence-electron chi connectivity index (χ3n) is 2.85. The topological polar surface area (TPSA) is 55.4 Å². The molecule has 0 saturated heterocycles. The first kappa shape index (κ1) is 15.8. The van der Waals surface area contributed by atoms with Gasteiger partial charge in [0.1, 0.15) is 0 Å². The molecule has 1 N–H and O–H groups in total. The van der Waals surface area contributed by atoms with Crippen molar-refractivity contribution in [3.05, 3.63) is 35.9 Å². The van der Waals surface area contributed by atoms with Crippen molar-refractivity contribution >= 4 is 11.9 Å². The van der Waals surface area contributed by atoms with Crippen molar-refractivity contribution in [2.45, 2.75) is 31.7 Å². The maximum Gasteiger partial charge on any atom is 0.333 e. The summed E-state index contributed by atoms with van der Waals surface area (Å²) in [5.74, 6) is 1.87. The van der Waals surface area contributed by atoms with Gasteiger partial charge in [-0.2, -0.15) is 0 Å². The number of carbonyl (C=O) groups excluding carboxylic acids is 2. The van der Waals surface area contributed by atoms with Gasteiger partial charge in [-0.25, -0.2) is 4.79 Å². The zero-order valence-corrected chi connectivity index (χ0v) is 11.6. The Kier molecular flexibility index (Phi) is 6.91. The van der Waals surface area contributed by atoms with Gasteiger partial charge in [-0.15, -0.1) is 12.3 Å². The molecule has 20 heavy (non-hydrogen) atoms. The molecule has 0 aromatic heterocycles. The number of amides is 1. The Hall–Kier alpha value is -2.28. The molecule has 1 unspecified atom stereocenters. The monoisotopic (exact) mass is 273 g/mol. The molecule has 0 heterocycles. The highest BCUT2D eigenvalue weighted by Crippen LogP contribution is 2.14. The number of ether oxygens (including phenoxy) is 1. The molecule has 0 spiro atoms. The first-order valence-corrected chi connectivity index (χ1v) is 6.54. The van der Waals surface area contributed by atoms with Gasteiger partial charge in [-0.05, 0) is 18.4 Å². The molecule has 0 aliphatic rings. The maximum absolute atomic E-state index is 11.8. The van der Waals surface area contributed by atoms with Crippen LogP contribution >= 0.6 is 0 Å². The highest BCUT2D eigenvalue weighted by atomic mass is 16.5. The molecule has 0 radical (unpaired) electrons. The molecule has 0 fully saturated rings. The van der Waals surface area contributed by atoms with Crippen molar-refractivity contribution in [1.29, 1.82) is 0 Å². The van der Waals surface area contributed by atoms with E-state index in [-0.39, 0.29) is 5.91 Å². The Morgan fingerprint density at radius 1 is 1.30 bits per heavy atom. The van der Waals surface area contributed by atoms with Crippen LogP contribution < -0.4 is 5.32 Å². The van der Waals surface area contributed by atoms with Gasteiger partial charge < -0.3 is 10.1 Å². The number of hydrogen-bond acceptors (Lipinski definition) is 3. The zero-order valence-electron chi connectivity index (χ0n) is 11.6. The average molecular weight is 273 g/mol. The standard InChI is InChI=1S/C16H19NO3/c1-3-4-5-9-12-14(18)17-15(16(19)20-2)13-10-7-6-8-11-13/h1,6-8,10-11,15H,4-5,9,12H2,2H3,(H,17,18). The first-order chi connectivity index (χ1) is 9.69. The Bertz CT molecular complexity index is 476. The highest BCUT2D eigenvalue weighted by Gasteiger charge is 2.22. The van der Waals surface area contributed by atoms with Crippen LogP contribution in [0.4, 0.5) is 0 Å². The van der Waals surface area contributed by atoms with Crippen LogP contribution in [0.5, 0.6) is 0 Å². The second kappa shape index (κ2) is 8.76. The summed E-state index contributed by atoms with van der Waals surface area (Å²) in [5, 5.41) is 2.70. The third kappa shape index (κ3) is 5.15. The third-order valence-corrected chi connectivity index (χ3v) is 2.85. The summed E-state index contributed by atoms with van der Waals surface area (Å²) < 4.78 is 4.73. The van der Waals surface area contributed by atoms with Crippen molar-refractivity contribution < 1.29 is 14.3 Å². The second-order valence-electron chi connectivity index (χ2n) is 4.35. The lowest BCUT2D eigenvalue weighted by molar-refractivity contribution is -0.145. The summed E-state index contributed by atoms with van der Waals surface area (Å²) in [6, 6.07) is 8.26. The number of rotatable bonds is 7. The summed E-state index contributed by atoms with van der Waals surface area (Å²) >= 11 is 0. The molecule has 0 aliphatic heterocycles. The zero-order chi connectivity index (χ0) is 14.8. The number of benzene rings is 1. The van der Waals surface area contributed by atoms with E-state index in [0.29, 0.717) is 24.8 Å². The molecule has 1 atom stereocenters. The van der Waals surface area contributed by atoms with Crippen molar-refractivity contribution in [2.24, 2.45) is 0 Å². The normalized spacial score (nSPS) is 11.2. The smallest absolute Gasteiger partial charge is 0.333 e. The van der Waals surface area contributed by atoms with Crippen molar-refractivity contribution in [3.8, 4) is 12.3 Å². The Morgan fingerprint density at radius 2 is 2.00 bits per heavy atom. The van der Waals surface area contributed by atoms with Crippen LogP contribution in [0.3, 0.4) is 0 Å². The van der Waals surface area contributed by atoms with Gasteiger partial charge in [0, 0.05) is 12.8 Å². The molecule has 0 bridgehead atoms. The fourth-order valence-electron chi connectivity index (χ4n) is 1.79. The van der Waals surface area contributed by atoms with E-state index in [4.69, 9.17) is 11.2 Å². The van der Waals surface area contributed by atoms with Gasteiger partial charge in [0.2, 0.25) is 5.91 Å². The largest absolute Gasteiger partial charge is 0.467 e. The maximum atomic E-state index is 11.8. The van der Waals surface area contributed by atoms with Gasteiger partial charge in [-0.1, -0.05) is 30.3 Å². The van der Waals surface area contributed by atoms with Crippen LogP contribution in [0, 0.1) is 12.3 Å². The average Bonchev–Trinajstić information content (AvgIpc) is 2.49. The van der Waals surface area contributed by atoms with Gasteiger partial charge >= 0.3 is 5.97 Å². The number of unbranched alkanes of at least 4 members (excludes halogenated alkanes) is 2. The minimum absolute atomic E-state index is 0.179. The fourth-order valence-corrected chi connectivity index (χ4v) is 1.79. The number of terminal acetylenes is 1. The van der Waals surface area contributed by atoms with Crippen LogP contribution in [0.25, 0.3) is 0 Å². The van der Waals surface area contributed by atoms with Crippen LogP contribution in [-0.2, 0) is 14.3 Å². The molecule has 1 aromatic rings. The van der Waals surface area contributed by atoms with E-state index in [1.165, 1.54) is 7.11 Å². The number of carbonyl (C=O) groups is 2. The van der Waals surface area contributed by atoms with Gasteiger partial charge in [0.15, 0.2) is 6.04 Å². The van der Waals surface area contributed by atoms with Crippen LogP contribution in [0.15, 0.2) is 30.3 Å². The van der Waals surface area contributed by atoms with Crippen LogP contribution in [0.1, 0.15) is 37.3 Å². The minimum Gasteiger partial charge on any atom is -0.467 e. The van der Waals surface area contributed by atoms with Gasteiger partial charge in [0.25, 0.3) is 0 Å². The first-order valence-electron chi connectivity index (χ1n) is 6.54. The molecule has 4 nitrogen and oxygen atoms in total. The second-order valence-corrected chi connectivity index (χ2v) is 4.35. The number of hydrogen-bond donors (Lipinski definition) is 1. The van der Waals surface area contributed by atoms with E-state index in [1.54, 1.807) is 12.1 Å². The van der Waals surface area contributed by atoms with E-state index in [2.05, 4.69) is 11.2 Å². The SMILES string of the molecule is C#CCCCCC(=O)NC(C(=O)OC)c1ccccc1. The molecule has 1 amide bonds. The van der Waals surface area contributed by atoms with E-state index in [9.17, 15) is 9.59 Å². The summed E-state index contributed by atoms with van der Waals surface area (Å²) in [4.78, 5) is 23.6. The van der Waals surface area contributed by atoms with Gasteiger partial charge in [0.05, 0.1) is 7.11 Å². The predicted molar refractivity (Wildman–Crippen MR) is 76.6 cm³/mol. The summed E-state index contributed by atoms with van der Waals surface area (Å²) in [6.45, 7) is 0. The van der Waals surface area contributed by atoms with E-state index in [0.717, 1.165) is 6.42 Å². The van der Waals surface area contributed by atoms with Crippen molar-refractivity contribution in [3.63, 3.8) is 0 Å². The lowest BCUT2D eigenvalue weighted by Gasteiger charge is -2.16. The van der Waals surface area contributed by atoms with Crippen LogP contribution in [0.2, 0.25) is 0 Å². The number of nitrogens with one attached hydrogen (secondary N) is 1. The van der Waals surface area contributed by atoms with E-state index < -0.39 is 12.0 Å². The fraction of sp³-hybridized carbons (Fsp3) is 0.375. The Labute approximate surface area is 119 Å². The highest BCUT2D eigenvalue weighted by molar-refractivity contribution is 5.85. The van der Waals surface area contributed by atoms with E-state index >= 15 is 0 Å². The lowest BCUT2D eigenvalue weighted by Crippen LogP contribution is -2.34. The number of methoxy groups -OCH3 is 1. The molecule has 0 aliphatic carbocycles. The van der Waals surface area contributed by atoms with Crippen LogP contribution in [-0.4, -0.2) is 19.0 Å². The minimum atomic E-state index is -0.763. The summed E-state index contributed by atoms with van der Waals surface area (Å²) in [7, 11) is 1.30. The molecular formula is C16H19NO3. The summed E-state index contributed by atoms with van der Waals surface area (Å²) in [6.07, 6.45) is 7.67. The summed E-state index contributed by atoms with van der Waals surface area (Å²) in [5.41, 5.74) is 0.705. The predicted octanol–water partition coefficient (Wildman–Crippen LogP) is 2.21. The molecular weight excluding hydrogens is 254 g/mol. The van der Waals surface area contributed by atoms with Crippen molar-refractivity contribution in [2.75, 3.05) is 7.11 Å². The Balaban J connectivity index is 2.60. The molecule has 0 saturated carbocycles. The lowest BCUT2D eigenvalue weighted by atomic mass is 10.1. The van der Waals surface area contributed by atoms with Gasteiger partial charge in [-0.3, -0.25) is 4.79 Å². The molecule has 1 aromatic carbocycles. The molecule has 1 rings (SSSR count). The molecule has 106 valence electrons. The van der Waals surface area contributed by atoms with E-state index in [1.807, 2.05) is 18.2 Å². The number of esters is 1. The Morgan fingerprint density at radius 3 is 2.60 bits per heavy atom. The van der Waals surface area contributed by atoms with Crippen molar-refractivity contribution in [1.82, 2.24) is 5.32 Å².